The van der Waals surface area contributed by atoms with Gasteiger partial charge in [-0.15, -0.1) is 0 Å². The molecule has 3 nitrogen and oxygen atoms in total. The van der Waals surface area contributed by atoms with Gasteiger partial charge in [0, 0.05) is 25.3 Å². The van der Waals surface area contributed by atoms with E-state index in [2.05, 4.69) is 31.3 Å². The fourth-order valence-corrected chi connectivity index (χ4v) is 1.76. The number of hydrogen-bond donors (Lipinski definition) is 1. The van der Waals surface area contributed by atoms with Crippen molar-refractivity contribution in [3.8, 4) is 5.75 Å². The van der Waals surface area contributed by atoms with Gasteiger partial charge in [0.15, 0.2) is 0 Å². The maximum Gasteiger partial charge on any atom is 0.123 e. The van der Waals surface area contributed by atoms with Crippen molar-refractivity contribution in [3.63, 3.8) is 0 Å². The van der Waals surface area contributed by atoms with Gasteiger partial charge >= 0.3 is 0 Å². The van der Waals surface area contributed by atoms with Crippen LogP contribution in [0.3, 0.4) is 0 Å². The second kappa shape index (κ2) is 8.95. The number of nitrogens with one attached hydrogen (secondary N) is 1. The molecule has 0 aliphatic heterocycles. The molecule has 1 aromatic carbocycles. The highest BCUT2D eigenvalue weighted by atomic mass is 16.5. The van der Waals surface area contributed by atoms with Crippen molar-refractivity contribution in [2.45, 2.75) is 33.2 Å². The van der Waals surface area contributed by atoms with Crippen LogP contribution >= 0.6 is 0 Å². The van der Waals surface area contributed by atoms with Gasteiger partial charge in [-0.25, -0.2) is 0 Å². The van der Waals surface area contributed by atoms with Crippen LogP contribution in [0, 0.1) is 6.92 Å². The van der Waals surface area contributed by atoms with Crippen LogP contribution in [0.1, 0.15) is 30.9 Å². The Bertz CT molecular complexity index is 339. The number of methoxy groups -OCH3 is 1. The zero-order valence-electron chi connectivity index (χ0n) is 11.8. The summed E-state index contributed by atoms with van der Waals surface area (Å²) in [5.74, 6) is 0.944. The Labute approximate surface area is 110 Å². The highest BCUT2D eigenvalue weighted by molar-refractivity contribution is 5.36. The quantitative estimate of drug-likeness (QED) is 0.685. The molecule has 3 heteroatoms. The number of benzene rings is 1. The maximum absolute atomic E-state index is 5.50. The summed E-state index contributed by atoms with van der Waals surface area (Å²) in [5, 5.41) is 3.38. The first kappa shape index (κ1) is 15.0. The fraction of sp³-hybridized carbons (Fsp3) is 0.600. The highest BCUT2D eigenvalue weighted by Gasteiger charge is 2.02. The van der Waals surface area contributed by atoms with E-state index in [0.29, 0.717) is 0 Å². The lowest BCUT2D eigenvalue weighted by atomic mass is 10.1. The van der Waals surface area contributed by atoms with Gasteiger partial charge in [-0.1, -0.05) is 31.0 Å². The smallest absolute Gasteiger partial charge is 0.123 e. The van der Waals surface area contributed by atoms with Crippen LogP contribution in [0.2, 0.25) is 0 Å². The summed E-state index contributed by atoms with van der Waals surface area (Å²) in [6.07, 6.45) is 2.33. The number of aryl methyl sites for hydroxylation is 1. The number of ether oxygens (including phenoxy) is 2. The molecule has 0 amide bonds. The zero-order valence-corrected chi connectivity index (χ0v) is 11.8. The van der Waals surface area contributed by atoms with E-state index in [9.17, 15) is 0 Å². The Kier molecular flexibility index (Phi) is 7.46. The molecule has 0 unspecified atom stereocenters. The molecule has 1 rings (SSSR count). The molecule has 0 heterocycles. The van der Waals surface area contributed by atoms with Crippen molar-refractivity contribution in [2.24, 2.45) is 0 Å². The van der Waals surface area contributed by atoms with Crippen LogP contribution in [0.5, 0.6) is 5.75 Å². The average molecular weight is 251 g/mol. The average Bonchev–Trinajstić information content (AvgIpc) is 2.38. The molecule has 1 aromatic rings. The molecule has 1 N–H and O–H groups in total. The van der Waals surface area contributed by atoms with Crippen LogP contribution in [0.4, 0.5) is 0 Å². The lowest BCUT2D eigenvalue weighted by Gasteiger charge is -2.10. The van der Waals surface area contributed by atoms with E-state index in [1.54, 1.807) is 7.11 Å². The maximum atomic E-state index is 5.50. The minimum absolute atomic E-state index is 0.772. The monoisotopic (exact) mass is 251 g/mol. The summed E-state index contributed by atoms with van der Waals surface area (Å²) >= 11 is 0. The zero-order chi connectivity index (χ0) is 13.2. The summed E-state index contributed by atoms with van der Waals surface area (Å²) in [7, 11) is 1.71. The van der Waals surface area contributed by atoms with Crippen LogP contribution in [0.25, 0.3) is 0 Å². The van der Waals surface area contributed by atoms with Gasteiger partial charge in [-0.2, -0.15) is 0 Å². The lowest BCUT2D eigenvalue weighted by Crippen LogP contribution is -2.20. The fourth-order valence-electron chi connectivity index (χ4n) is 1.76. The topological polar surface area (TPSA) is 30.5 Å². The molecule has 0 aliphatic rings. The van der Waals surface area contributed by atoms with E-state index in [-0.39, 0.29) is 0 Å². The minimum Gasteiger partial charge on any atom is -0.496 e. The van der Waals surface area contributed by atoms with Gasteiger partial charge in [0.1, 0.15) is 5.75 Å². The van der Waals surface area contributed by atoms with Gasteiger partial charge in [-0.3, -0.25) is 0 Å². The number of hydrogen-bond acceptors (Lipinski definition) is 3. The van der Waals surface area contributed by atoms with E-state index in [1.165, 1.54) is 17.5 Å². The molecule has 0 aromatic heterocycles. The number of rotatable bonds is 9. The first-order valence-corrected chi connectivity index (χ1v) is 6.70. The van der Waals surface area contributed by atoms with Gasteiger partial charge < -0.3 is 14.8 Å². The van der Waals surface area contributed by atoms with Crippen molar-refractivity contribution >= 4 is 0 Å². The highest BCUT2D eigenvalue weighted by Crippen LogP contribution is 2.19. The second-order valence-electron chi connectivity index (χ2n) is 4.46. The molecular weight excluding hydrogens is 226 g/mol. The van der Waals surface area contributed by atoms with Crippen molar-refractivity contribution < 1.29 is 9.47 Å². The molecule has 0 saturated carbocycles. The first-order chi connectivity index (χ1) is 8.77. The normalized spacial score (nSPS) is 10.6. The molecule has 102 valence electrons. The molecule has 0 fully saturated rings. The predicted octanol–water partition coefficient (Wildman–Crippen LogP) is 2.91. The Hall–Kier alpha value is -1.06. The first-order valence-electron chi connectivity index (χ1n) is 6.70. The Morgan fingerprint density at radius 2 is 2.06 bits per heavy atom. The molecule has 0 saturated heterocycles. The van der Waals surface area contributed by atoms with E-state index < -0.39 is 0 Å². The van der Waals surface area contributed by atoms with Crippen LogP contribution in [0.15, 0.2) is 18.2 Å². The van der Waals surface area contributed by atoms with E-state index in [4.69, 9.17) is 9.47 Å². The molecule has 18 heavy (non-hydrogen) atoms. The lowest BCUT2D eigenvalue weighted by molar-refractivity contribution is 0.133. The molecular formula is C15H25NO2. The molecule has 0 spiro atoms. The minimum atomic E-state index is 0.772. The summed E-state index contributed by atoms with van der Waals surface area (Å²) in [5.41, 5.74) is 2.46. The van der Waals surface area contributed by atoms with Gasteiger partial charge in [0.25, 0.3) is 0 Å². The van der Waals surface area contributed by atoms with E-state index >= 15 is 0 Å². The molecule has 0 radical (unpaired) electrons. The van der Waals surface area contributed by atoms with Gasteiger partial charge in [0.05, 0.1) is 13.7 Å². The van der Waals surface area contributed by atoms with E-state index in [0.717, 1.165) is 38.5 Å². The van der Waals surface area contributed by atoms with Crippen LogP contribution in [-0.4, -0.2) is 26.9 Å². The number of unbranched alkanes of at least 4 members (excludes halogenated alkanes) is 1. The van der Waals surface area contributed by atoms with E-state index in [1.807, 2.05) is 6.07 Å². The summed E-state index contributed by atoms with van der Waals surface area (Å²) in [6.45, 7) is 7.60. The summed E-state index contributed by atoms with van der Waals surface area (Å²) in [4.78, 5) is 0. The molecule has 0 aliphatic carbocycles. The third kappa shape index (κ3) is 5.52. The van der Waals surface area contributed by atoms with Crippen molar-refractivity contribution in [1.29, 1.82) is 0 Å². The van der Waals surface area contributed by atoms with Gasteiger partial charge in [0.2, 0.25) is 0 Å². The molecule has 0 bridgehead atoms. The SMILES string of the molecule is CCCCOCCNCc1cc(C)ccc1OC. The van der Waals surface area contributed by atoms with Crippen molar-refractivity contribution in [2.75, 3.05) is 26.9 Å². The van der Waals surface area contributed by atoms with Crippen LogP contribution < -0.4 is 10.1 Å². The summed E-state index contributed by atoms with van der Waals surface area (Å²) in [6, 6.07) is 6.24. The van der Waals surface area contributed by atoms with Crippen LogP contribution in [-0.2, 0) is 11.3 Å². The van der Waals surface area contributed by atoms with Gasteiger partial charge in [-0.05, 0) is 19.4 Å². The molecule has 0 atom stereocenters. The van der Waals surface area contributed by atoms with Crippen molar-refractivity contribution in [3.05, 3.63) is 29.3 Å². The largest absolute Gasteiger partial charge is 0.496 e. The Morgan fingerprint density at radius 1 is 1.22 bits per heavy atom. The summed E-state index contributed by atoms with van der Waals surface area (Å²) < 4.78 is 10.8. The second-order valence-corrected chi connectivity index (χ2v) is 4.46. The van der Waals surface area contributed by atoms with Crippen molar-refractivity contribution in [1.82, 2.24) is 5.32 Å². The Balaban J connectivity index is 2.24. The Morgan fingerprint density at radius 3 is 2.78 bits per heavy atom. The standard InChI is InChI=1S/C15H25NO2/c1-4-5-9-18-10-8-16-12-14-11-13(2)6-7-15(14)17-3/h6-7,11,16H,4-5,8-10,12H2,1-3H3. The third-order valence-corrected chi connectivity index (χ3v) is 2.82. The third-order valence-electron chi connectivity index (χ3n) is 2.82. The predicted molar refractivity (Wildman–Crippen MR) is 75.2 cm³/mol.